The van der Waals surface area contributed by atoms with E-state index < -0.39 is 10.0 Å². The van der Waals surface area contributed by atoms with Crippen LogP contribution in [0.25, 0.3) is 0 Å². The molecule has 2 heterocycles. The predicted molar refractivity (Wildman–Crippen MR) is 106 cm³/mol. The monoisotopic (exact) mass is 397 g/mol. The first kappa shape index (κ1) is 19.0. The Morgan fingerprint density at radius 3 is 2.50 bits per heavy atom. The van der Waals surface area contributed by atoms with Crippen molar-refractivity contribution in [2.45, 2.75) is 0 Å². The summed E-state index contributed by atoms with van der Waals surface area (Å²) in [6, 6.07) is 7.63. The number of hydrogen-bond acceptors (Lipinski definition) is 7. The molecule has 1 amide bonds. The number of piperazine rings is 1. The van der Waals surface area contributed by atoms with Crippen LogP contribution in [-0.4, -0.2) is 75.1 Å². The first-order valence-corrected chi connectivity index (χ1v) is 11.3. The Bertz CT molecular complexity index is 772. The van der Waals surface area contributed by atoms with Crippen LogP contribution in [-0.2, 0) is 14.8 Å². The summed E-state index contributed by atoms with van der Waals surface area (Å²) in [5, 5.41) is 6.82. The number of carbonyl (C=O) groups is 1. The molecule has 0 aromatic heterocycles. The molecule has 26 heavy (non-hydrogen) atoms. The Hall–Kier alpha value is -1.78. The summed E-state index contributed by atoms with van der Waals surface area (Å²) in [5.41, 5.74) is 1.77. The van der Waals surface area contributed by atoms with E-state index in [1.54, 1.807) is 0 Å². The van der Waals surface area contributed by atoms with E-state index in [0.29, 0.717) is 31.9 Å². The molecule has 10 heteroatoms. The molecule has 2 N–H and O–H groups in total. The summed E-state index contributed by atoms with van der Waals surface area (Å²) in [6.45, 7) is 3.90. The van der Waals surface area contributed by atoms with Gasteiger partial charge in [0.2, 0.25) is 15.9 Å². The van der Waals surface area contributed by atoms with Gasteiger partial charge in [-0.15, -0.1) is 0 Å². The van der Waals surface area contributed by atoms with E-state index in [2.05, 4.69) is 20.5 Å². The van der Waals surface area contributed by atoms with Crippen LogP contribution in [0.3, 0.4) is 0 Å². The minimum atomic E-state index is -3.12. The standard InChI is InChI=1S/C16H23N5O3S2/c1-26(23,24)21-10-8-20(9-11-21)14-4-2-13(3-5-14)19-15(22)12-25-16-17-6-7-18-16/h2-5H,6-12H2,1H3,(H,17,18)(H,19,22). The van der Waals surface area contributed by atoms with Gasteiger partial charge in [0.15, 0.2) is 5.17 Å². The van der Waals surface area contributed by atoms with Crippen molar-refractivity contribution in [3.63, 3.8) is 0 Å². The van der Waals surface area contributed by atoms with E-state index in [-0.39, 0.29) is 5.91 Å². The van der Waals surface area contributed by atoms with Crippen molar-refractivity contribution in [3.05, 3.63) is 24.3 Å². The zero-order valence-electron chi connectivity index (χ0n) is 14.6. The average Bonchev–Trinajstić information content (AvgIpc) is 3.14. The van der Waals surface area contributed by atoms with Gasteiger partial charge in [0, 0.05) is 44.1 Å². The van der Waals surface area contributed by atoms with Crippen molar-refractivity contribution in [1.29, 1.82) is 0 Å². The fourth-order valence-electron chi connectivity index (χ4n) is 2.84. The van der Waals surface area contributed by atoms with Crippen LogP contribution in [0.4, 0.5) is 11.4 Å². The van der Waals surface area contributed by atoms with Gasteiger partial charge in [0.05, 0.1) is 18.6 Å². The van der Waals surface area contributed by atoms with Gasteiger partial charge >= 0.3 is 0 Å². The number of amides is 1. The van der Waals surface area contributed by atoms with Crippen molar-refractivity contribution >= 4 is 44.2 Å². The number of aliphatic imine (C=N–C) groups is 1. The SMILES string of the molecule is CS(=O)(=O)N1CCN(c2ccc(NC(=O)CSC3=NCCN3)cc2)CC1. The topological polar surface area (TPSA) is 94.1 Å². The molecule has 0 bridgehead atoms. The van der Waals surface area contributed by atoms with Crippen molar-refractivity contribution in [2.75, 3.05) is 61.5 Å². The third-order valence-corrected chi connectivity index (χ3v) is 6.46. The molecule has 0 atom stereocenters. The van der Waals surface area contributed by atoms with E-state index in [1.165, 1.54) is 22.3 Å². The van der Waals surface area contributed by atoms with Crippen LogP contribution in [0.15, 0.2) is 29.3 Å². The molecule has 0 radical (unpaired) electrons. The van der Waals surface area contributed by atoms with Gasteiger partial charge in [0.25, 0.3) is 0 Å². The lowest BCUT2D eigenvalue weighted by molar-refractivity contribution is -0.113. The van der Waals surface area contributed by atoms with Gasteiger partial charge in [-0.25, -0.2) is 8.42 Å². The molecule has 0 saturated carbocycles. The van der Waals surface area contributed by atoms with Gasteiger partial charge < -0.3 is 15.5 Å². The highest BCUT2D eigenvalue weighted by atomic mass is 32.2. The average molecular weight is 398 g/mol. The maximum atomic E-state index is 12.0. The summed E-state index contributed by atoms with van der Waals surface area (Å²) in [7, 11) is -3.12. The summed E-state index contributed by atoms with van der Waals surface area (Å²) >= 11 is 1.40. The number of amidine groups is 1. The molecule has 1 aromatic carbocycles. The molecule has 142 valence electrons. The third-order valence-electron chi connectivity index (χ3n) is 4.21. The second-order valence-electron chi connectivity index (χ2n) is 6.15. The normalized spacial score (nSPS) is 18.3. The van der Waals surface area contributed by atoms with Gasteiger partial charge in [-0.3, -0.25) is 9.79 Å². The molecule has 2 aliphatic rings. The molecule has 3 rings (SSSR count). The molecular formula is C16H23N5O3S2. The van der Waals surface area contributed by atoms with Crippen LogP contribution in [0, 0.1) is 0 Å². The van der Waals surface area contributed by atoms with Crippen LogP contribution in [0.2, 0.25) is 0 Å². The second kappa shape index (κ2) is 8.28. The van der Waals surface area contributed by atoms with Gasteiger partial charge in [-0.2, -0.15) is 4.31 Å². The lowest BCUT2D eigenvalue weighted by Gasteiger charge is -2.34. The summed E-state index contributed by atoms with van der Waals surface area (Å²) < 4.78 is 24.6. The van der Waals surface area contributed by atoms with Crippen molar-refractivity contribution in [1.82, 2.24) is 9.62 Å². The predicted octanol–water partition coefficient (Wildman–Crippen LogP) is 0.399. The van der Waals surface area contributed by atoms with Crippen molar-refractivity contribution < 1.29 is 13.2 Å². The number of nitrogens with zero attached hydrogens (tertiary/aromatic N) is 3. The lowest BCUT2D eigenvalue weighted by atomic mass is 10.2. The number of nitrogens with one attached hydrogen (secondary N) is 2. The zero-order chi connectivity index (χ0) is 18.6. The van der Waals surface area contributed by atoms with Crippen molar-refractivity contribution in [3.8, 4) is 0 Å². The molecule has 1 saturated heterocycles. The smallest absolute Gasteiger partial charge is 0.234 e. The van der Waals surface area contributed by atoms with E-state index in [0.717, 1.165) is 29.6 Å². The number of hydrogen-bond donors (Lipinski definition) is 2. The number of anilines is 2. The van der Waals surface area contributed by atoms with Crippen molar-refractivity contribution in [2.24, 2.45) is 4.99 Å². The van der Waals surface area contributed by atoms with E-state index in [4.69, 9.17) is 0 Å². The molecule has 0 aliphatic carbocycles. The Morgan fingerprint density at radius 2 is 1.92 bits per heavy atom. The Morgan fingerprint density at radius 1 is 1.23 bits per heavy atom. The molecule has 0 unspecified atom stereocenters. The summed E-state index contributed by atoms with van der Waals surface area (Å²) in [4.78, 5) is 18.4. The molecular weight excluding hydrogens is 374 g/mol. The molecule has 8 nitrogen and oxygen atoms in total. The fourth-order valence-corrected chi connectivity index (χ4v) is 4.39. The zero-order valence-corrected chi connectivity index (χ0v) is 16.3. The second-order valence-corrected chi connectivity index (χ2v) is 9.09. The Balaban J connectivity index is 1.48. The summed E-state index contributed by atoms with van der Waals surface area (Å²) in [5.74, 6) is 0.252. The van der Waals surface area contributed by atoms with Gasteiger partial charge in [-0.05, 0) is 24.3 Å². The van der Waals surface area contributed by atoms with Gasteiger partial charge in [0.1, 0.15) is 0 Å². The van der Waals surface area contributed by atoms with E-state index in [1.807, 2.05) is 24.3 Å². The highest BCUT2D eigenvalue weighted by Crippen LogP contribution is 2.20. The van der Waals surface area contributed by atoms with Crippen LogP contribution < -0.4 is 15.5 Å². The first-order chi connectivity index (χ1) is 12.4. The third kappa shape index (κ3) is 5.12. The van der Waals surface area contributed by atoms with Crippen LogP contribution in [0.5, 0.6) is 0 Å². The van der Waals surface area contributed by atoms with E-state index in [9.17, 15) is 13.2 Å². The quantitative estimate of drug-likeness (QED) is 0.747. The number of rotatable bonds is 5. The first-order valence-electron chi connectivity index (χ1n) is 8.43. The molecule has 1 fully saturated rings. The minimum absolute atomic E-state index is 0.0686. The highest BCUT2D eigenvalue weighted by molar-refractivity contribution is 8.14. The molecule has 0 spiro atoms. The van der Waals surface area contributed by atoms with Gasteiger partial charge in [-0.1, -0.05) is 11.8 Å². The number of sulfonamides is 1. The molecule has 2 aliphatic heterocycles. The maximum absolute atomic E-state index is 12.0. The minimum Gasteiger partial charge on any atom is -0.369 e. The van der Waals surface area contributed by atoms with Crippen LogP contribution >= 0.6 is 11.8 Å². The largest absolute Gasteiger partial charge is 0.369 e. The lowest BCUT2D eigenvalue weighted by Crippen LogP contribution is -2.48. The Kier molecular flexibility index (Phi) is 6.05. The van der Waals surface area contributed by atoms with Crippen LogP contribution in [0.1, 0.15) is 0 Å². The number of carbonyl (C=O) groups excluding carboxylic acids is 1. The number of thioether (sulfide) groups is 1. The number of benzene rings is 1. The summed E-state index contributed by atoms with van der Waals surface area (Å²) in [6.07, 6.45) is 1.24. The van der Waals surface area contributed by atoms with E-state index >= 15 is 0 Å². The maximum Gasteiger partial charge on any atom is 0.234 e. The molecule has 1 aromatic rings. The highest BCUT2D eigenvalue weighted by Gasteiger charge is 2.23. The fraction of sp³-hybridized carbons (Fsp3) is 0.500. The Labute approximate surface area is 158 Å².